The highest BCUT2D eigenvalue weighted by Crippen LogP contribution is 2.29. The number of rotatable bonds is 5. The Balaban J connectivity index is 1.55. The van der Waals surface area contributed by atoms with E-state index in [0.29, 0.717) is 28.2 Å². The van der Waals surface area contributed by atoms with Gasteiger partial charge in [-0.05, 0) is 41.6 Å². The molecule has 1 aliphatic heterocycles. The number of anilines is 2. The molecule has 3 heterocycles. The smallest absolute Gasteiger partial charge is 0.248 e. The standard InChI is InChI=1S/C18H20Cl2N8/c19-14-5-1-6-15(16(14)20)28-18(24-25-26-28)23-12-13-4-2-8-22-17(13)27-10-3-7-21-9-11-27/h1-2,4-6,8,21H,3,7,9-12H2,(H,23,24,26). The average Bonchev–Trinajstić information content (AvgIpc) is 3.01. The summed E-state index contributed by atoms with van der Waals surface area (Å²) >= 11 is 12.4. The molecule has 4 rings (SSSR count). The highest BCUT2D eigenvalue weighted by molar-refractivity contribution is 6.43. The lowest BCUT2D eigenvalue weighted by Gasteiger charge is -2.23. The Morgan fingerprint density at radius 2 is 2.04 bits per heavy atom. The number of halogens is 2. The molecule has 0 bridgehead atoms. The van der Waals surface area contributed by atoms with Crippen molar-refractivity contribution in [2.45, 2.75) is 13.0 Å². The van der Waals surface area contributed by atoms with Crippen molar-refractivity contribution in [3.8, 4) is 5.69 Å². The van der Waals surface area contributed by atoms with Crippen molar-refractivity contribution in [2.24, 2.45) is 0 Å². The second-order valence-electron chi connectivity index (χ2n) is 6.42. The van der Waals surface area contributed by atoms with E-state index in [1.54, 1.807) is 10.7 Å². The molecule has 2 aromatic heterocycles. The number of aromatic nitrogens is 5. The zero-order valence-corrected chi connectivity index (χ0v) is 16.7. The first-order valence-electron chi connectivity index (χ1n) is 9.10. The fraction of sp³-hybridized carbons (Fsp3) is 0.333. The number of tetrazole rings is 1. The van der Waals surface area contributed by atoms with Gasteiger partial charge in [-0.2, -0.15) is 4.68 Å². The topological polar surface area (TPSA) is 83.8 Å². The third kappa shape index (κ3) is 4.04. The van der Waals surface area contributed by atoms with Crippen LogP contribution in [0.3, 0.4) is 0 Å². The summed E-state index contributed by atoms with van der Waals surface area (Å²) in [5.41, 5.74) is 1.70. The highest BCUT2D eigenvalue weighted by Gasteiger charge is 2.16. The Morgan fingerprint density at radius 1 is 1.11 bits per heavy atom. The Morgan fingerprint density at radius 3 is 2.96 bits per heavy atom. The quantitative estimate of drug-likeness (QED) is 0.658. The lowest BCUT2D eigenvalue weighted by atomic mass is 10.2. The van der Waals surface area contributed by atoms with Crippen molar-refractivity contribution in [3.63, 3.8) is 0 Å². The average molecular weight is 419 g/mol. The molecule has 0 amide bonds. The van der Waals surface area contributed by atoms with Gasteiger partial charge >= 0.3 is 0 Å². The predicted octanol–water partition coefficient (Wildman–Crippen LogP) is 2.78. The minimum atomic E-state index is 0.402. The molecule has 0 atom stereocenters. The minimum absolute atomic E-state index is 0.402. The SMILES string of the molecule is Clc1cccc(-n2nnnc2NCc2cccnc2N2CCCNCC2)c1Cl. The van der Waals surface area contributed by atoms with Gasteiger partial charge in [-0.1, -0.05) is 40.4 Å². The molecule has 0 aliphatic carbocycles. The molecule has 1 aromatic carbocycles. The van der Waals surface area contributed by atoms with Gasteiger partial charge in [0.05, 0.1) is 15.7 Å². The van der Waals surface area contributed by atoms with Crippen LogP contribution >= 0.6 is 23.2 Å². The Hall–Kier alpha value is -2.42. The molecule has 0 unspecified atom stereocenters. The van der Waals surface area contributed by atoms with Crippen molar-refractivity contribution in [2.75, 3.05) is 36.4 Å². The van der Waals surface area contributed by atoms with Gasteiger partial charge in [0, 0.05) is 37.9 Å². The molecule has 1 aliphatic rings. The first kappa shape index (κ1) is 18.9. The number of pyridine rings is 1. The molecule has 3 aromatic rings. The van der Waals surface area contributed by atoms with Crippen LogP contribution in [0.2, 0.25) is 10.0 Å². The predicted molar refractivity (Wildman–Crippen MR) is 110 cm³/mol. The first-order chi connectivity index (χ1) is 13.7. The largest absolute Gasteiger partial charge is 0.355 e. The van der Waals surface area contributed by atoms with Gasteiger partial charge in [-0.15, -0.1) is 0 Å². The van der Waals surface area contributed by atoms with Gasteiger partial charge in [-0.3, -0.25) is 0 Å². The molecule has 0 spiro atoms. The van der Waals surface area contributed by atoms with Crippen LogP contribution < -0.4 is 15.5 Å². The van der Waals surface area contributed by atoms with E-state index in [-0.39, 0.29) is 0 Å². The van der Waals surface area contributed by atoms with Crippen molar-refractivity contribution in [1.82, 2.24) is 30.5 Å². The summed E-state index contributed by atoms with van der Waals surface area (Å²) in [6.45, 7) is 4.43. The molecular formula is C18H20Cl2N8. The Kier molecular flexibility index (Phi) is 5.90. The van der Waals surface area contributed by atoms with Crippen LogP contribution in [0.25, 0.3) is 5.69 Å². The third-order valence-electron chi connectivity index (χ3n) is 4.57. The normalized spacial score (nSPS) is 14.7. The summed E-state index contributed by atoms with van der Waals surface area (Å²) in [5, 5.41) is 19.5. The van der Waals surface area contributed by atoms with E-state index in [1.165, 1.54) is 0 Å². The molecule has 10 heteroatoms. The van der Waals surface area contributed by atoms with Crippen LogP contribution in [-0.2, 0) is 6.54 Å². The van der Waals surface area contributed by atoms with Crippen LogP contribution in [0, 0.1) is 0 Å². The number of nitrogens with one attached hydrogen (secondary N) is 2. The van der Waals surface area contributed by atoms with Gasteiger partial charge in [0.15, 0.2) is 0 Å². The number of hydrogen-bond donors (Lipinski definition) is 2. The van der Waals surface area contributed by atoms with E-state index in [0.717, 1.165) is 44.0 Å². The van der Waals surface area contributed by atoms with Gasteiger partial charge in [0.25, 0.3) is 0 Å². The fourth-order valence-electron chi connectivity index (χ4n) is 3.20. The van der Waals surface area contributed by atoms with Crippen LogP contribution in [0.1, 0.15) is 12.0 Å². The van der Waals surface area contributed by atoms with Gasteiger partial charge in [-0.25, -0.2) is 4.98 Å². The van der Waals surface area contributed by atoms with Crippen LogP contribution in [0.15, 0.2) is 36.5 Å². The lowest BCUT2D eigenvalue weighted by molar-refractivity contribution is 0.724. The Bertz CT molecular complexity index is 937. The molecule has 2 N–H and O–H groups in total. The van der Waals surface area contributed by atoms with Crippen molar-refractivity contribution < 1.29 is 0 Å². The van der Waals surface area contributed by atoms with E-state index in [4.69, 9.17) is 23.2 Å². The summed E-state index contributed by atoms with van der Waals surface area (Å²) in [6.07, 6.45) is 2.92. The maximum absolute atomic E-state index is 6.32. The van der Waals surface area contributed by atoms with Crippen LogP contribution in [-0.4, -0.2) is 51.4 Å². The zero-order chi connectivity index (χ0) is 19.3. The van der Waals surface area contributed by atoms with E-state index >= 15 is 0 Å². The molecule has 146 valence electrons. The minimum Gasteiger partial charge on any atom is -0.355 e. The number of hydrogen-bond acceptors (Lipinski definition) is 7. The van der Waals surface area contributed by atoms with E-state index in [1.807, 2.05) is 24.4 Å². The summed E-state index contributed by atoms with van der Waals surface area (Å²) in [4.78, 5) is 6.92. The third-order valence-corrected chi connectivity index (χ3v) is 5.38. The summed E-state index contributed by atoms with van der Waals surface area (Å²) in [6, 6.07) is 9.35. The molecule has 28 heavy (non-hydrogen) atoms. The maximum Gasteiger partial charge on any atom is 0.248 e. The molecule has 1 fully saturated rings. The highest BCUT2D eigenvalue weighted by atomic mass is 35.5. The first-order valence-corrected chi connectivity index (χ1v) is 9.86. The molecule has 0 saturated carbocycles. The molecule has 0 radical (unpaired) electrons. The van der Waals surface area contributed by atoms with Crippen molar-refractivity contribution in [3.05, 3.63) is 52.1 Å². The van der Waals surface area contributed by atoms with Gasteiger partial charge in [0.2, 0.25) is 5.95 Å². The molecular weight excluding hydrogens is 399 g/mol. The molecule has 1 saturated heterocycles. The summed E-state index contributed by atoms with van der Waals surface area (Å²) in [7, 11) is 0. The van der Waals surface area contributed by atoms with Crippen molar-refractivity contribution >= 4 is 35.0 Å². The molecule has 8 nitrogen and oxygen atoms in total. The lowest BCUT2D eigenvalue weighted by Crippen LogP contribution is -2.29. The van der Waals surface area contributed by atoms with E-state index < -0.39 is 0 Å². The van der Waals surface area contributed by atoms with Crippen LogP contribution in [0.4, 0.5) is 11.8 Å². The van der Waals surface area contributed by atoms with E-state index in [9.17, 15) is 0 Å². The maximum atomic E-state index is 6.32. The second kappa shape index (κ2) is 8.72. The zero-order valence-electron chi connectivity index (χ0n) is 15.1. The monoisotopic (exact) mass is 418 g/mol. The van der Waals surface area contributed by atoms with Gasteiger partial charge < -0.3 is 15.5 Å². The van der Waals surface area contributed by atoms with Gasteiger partial charge in [0.1, 0.15) is 5.82 Å². The van der Waals surface area contributed by atoms with E-state index in [2.05, 4.69) is 42.1 Å². The number of benzene rings is 1. The van der Waals surface area contributed by atoms with Crippen LogP contribution in [0.5, 0.6) is 0 Å². The summed E-state index contributed by atoms with van der Waals surface area (Å²) < 4.78 is 1.54. The summed E-state index contributed by atoms with van der Waals surface area (Å²) in [5.74, 6) is 1.47. The second-order valence-corrected chi connectivity index (χ2v) is 7.20. The van der Waals surface area contributed by atoms with Crippen molar-refractivity contribution in [1.29, 1.82) is 0 Å². The Labute approximate surface area is 172 Å². The number of nitrogens with zero attached hydrogens (tertiary/aromatic N) is 6. The fourth-order valence-corrected chi connectivity index (χ4v) is 3.58.